The zero-order chi connectivity index (χ0) is 13.0. The van der Waals surface area contributed by atoms with Gasteiger partial charge in [-0.05, 0) is 18.2 Å². The predicted molar refractivity (Wildman–Crippen MR) is 65.3 cm³/mol. The van der Waals surface area contributed by atoms with Crippen LogP contribution in [0.2, 0.25) is 0 Å². The normalized spacial score (nSPS) is 10.3. The summed E-state index contributed by atoms with van der Waals surface area (Å²) in [5, 5.41) is 16.1. The van der Waals surface area contributed by atoms with Gasteiger partial charge in [0.15, 0.2) is 5.69 Å². The summed E-state index contributed by atoms with van der Waals surface area (Å²) in [6.45, 7) is 0.282. The maximum Gasteiger partial charge on any atom is 0.276 e. The van der Waals surface area contributed by atoms with Crippen LogP contribution >= 0.6 is 0 Å². The monoisotopic (exact) mass is 247 g/mol. The zero-order valence-corrected chi connectivity index (χ0v) is 9.83. The summed E-state index contributed by atoms with van der Waals surface area (Å²) in [5.74, 6) is -0.367. The number of hydrogen-bond acceptors (Lipinski definition) is 4. The Morgan fingerprint density at radius 2 is 2.22 bits per heavy atom. The Morgan fingerprint density at radius 1 is 1.44 bits per heavy atom. The molecule has 2 rings (SSSR count). The van der Waals surface area contributed by atoms with Crippen molar-refractivity contribution in [1.82, 2.24) is 9.78 Å². The summed E-state index contributed by atoms with van der Waals surface area (Å²) < 4.78 is 6.39. The summed E-state index contributed by atoms with van der Waals surface area (Å²) in [6, 6.07) is 8.09. The van der Waals surface area contributed by atoms with E-state index in [0.29, 0.717) is 5.69 Å². The molecule has 0 saturated carbocycles. The van der Waals surface area contributed by atoms with Gasteiger partial charge in [-0.15, -0.1) is 0 Å². The van der Waals surface area contributed by atoms with E-state index in [4.69, 9.17) is 4.74 Å². The maximum absolute atomic E-state index is 11.8. The lowest BCUT2D eigenvalue weighted by atomic mass is 10.3. The number of aromatic hydroxyl groups is 1. The van der Waals surface area contributed by atoms with Crippen LogP contribution in [-0.4, -0.2) is 27.9 Å². The topological polar surface area (TPSA) is 76.4 Å². The van der Waals surface area contributed by atoms with E-state index in [9.17, 15) is 9.90 Å². The van der Waals surface area contributed by atoms with Gasteiger partial charge in [0.05, 0.1) is 5.69 Å². The first-order chi connectivity index (χ1) is 8.70. The SMILES string of the molecule is COCn1ccc(C(=O)Nc2ccccc2O)n1. The van der Waals surface area contributed by atoms with Crippen LogP contribution in [0.3, 0.4) is 0 Å². The smallest absolute Gasteiger partial charge is 0.276 e. The van der Waals surface area contributed by atoms with Crippen LogP contribution in [0.15, 0.2) is 36.5 Å². The molecule has 6 nitrogen and oxygen atoms in total. The fraction of sp³-hybridized carbons (Fsp3) is 0.167. The lowest BCUT2D eigenvalue weighted by molar-refractivity contribution is 0.101. The van der Waals surface area contributed by atoms with Gasteiger partial charge in [0.2, 0.25) is 0 Å². The molecule has 0 radical (unpaired) electrons. The first-order valence-corrected chi connectivity index (χ1v) is 5.32. The summed E-state index contributed by atoms with van der Waals surface area (Å²) in [7, 11) is 1.55. The quantitative estimate of drug-likeness (QED) is 0.802. The number of nitrogens with zero attached hydrogens (tertiary/aromatic N) is 2. The van der Waals surface area contributed by atoms with E-state index < -0.39 is 0 Å². The molecular weight excluding hydrogens is 234 g/mol. The van der Waals surface area contributed by atoms with Gasteiger partial charge < -0.3 is 15.2 Å². The molecule has 0 saturated heterocycles. The number of nitrogens with one attached hydrogen (secondary N) is 1. The number of methoxy groups -OCH3 is 1. The van der Waals surface area contributed by atoms with Crippen LogP contribution in [0.25, 0.3) is 0 Å². The first-order valence-electron chi connectivity index (χ1n) is 5.32. The van der Waals surface area contributed by atoms with Crippen LogP contribution in [0.4, 0.5) is 5.69 Å². The Morgan fingerprint density at radius 3 is 2.94 bits per heavy atom. The third kappa shape index (κ3) is 2.67. The van der Waals surface area contributed by atoms with Gasteiger partial charge in [-0.1, -0.05) is 12.1 Å². The van der Waals surface area contributed by atoms with Crippen molar-refractivity contribution >= 4 is 11.6 Å². The molecule has 1 aromatic heterocycles. The highest BCUT2D eigenvalue weighted by Crippen LogP contribution is 2.21. The lowest BCUT2D eigenvalue weighted by Gasteiger charge is -2.04. The van der Waals surface area contributed by atoms with Crippen molar-refractivity contribution in [2.75, 3.05) is 12.4 Å². The number of ether oxygens (including phenoxy) is 1. The van der Waals surface area contributed by atoms with Crippen molar-refractivity contribution < 1.29 is 14.6 Å². The number of rotatable bonds is 4. The van der Waals surface area contributed by atoms with Gasteiger partial charge in [0.25, 0.3) is 5.91 Å². The van der Waals surface area contributed by atoms with Crippen molar-refractivity contribution in [3.05, 3.63) is 42.2 Å². The van der Waals surface area contributed by atoms with E-state index in [1.807, 2.05) is 0 Å². The summed E-state index contributed by atoms with van der Waals surface area (Å²) >= 11 is 0. The Bertz CT molecular complexity index is 551. The standard InChI is InChI=1S/C12H13N3O3/c1-18-8-15-7-6-10(14-15)12(17)13-9-4-2-3-5-11(9)16/h2-7,16H,8H2,1H3,(H,13,17). The van der Waals surface area contributed by atoms with Crippen LogP contribution in [0.1, 0.15) is 10.5 Å². The average molecular weight is 247 g/mol. The predicted octanol–water partition coefficient (Wildman–Crippen LogP) is 1.44. The van der Waals surface area contributed by atoms with Crippen LogP contribution in [-0.2, 0) is 11.5 Å². The second-order valence-corrected chi connectivity index (χ2v) is 3.63. The minimum Gasteiger partial charge on any atom is -0.506 e. The minimum atomic E-state index is -0.383. The maximum atomic E-state index is 11.8. The molecule has 0 spiro atoms. The van der Waals surface area contributed by atoms with Gasteiger partial charge in [-0.2, -0.15) is 5.10 Å². The molecule has 94 valence electrons. The molecule has 1 amide bonds. The minimum absolute atomic E-state index is 0.0159. The highest BCUT2D eigenvalue weighted by Gasteiger charge is 2.11. The zero-order valence-electron chi connectivity index (χ0n) is 9.83. The molecule has 0 aliphatic heterocycles. The highest BCUT2D eigenvalue weighted by molar-refractivity contribution is 6.03. The van der Waals surface area contributed by atoms with Crippen molar-refractivity contribution in [2.45, 2.75) is 6.73 Å². The first kappa shape index (κ1) is 12.1. The van der Waals surface area contributed by atoms with Crippen LogP contribution < -0.4 is 5.32 Å². The summed E-state index contributed by atoms with van der Waals surface area (Å²) in [6.07, 6.45) is 1.64. The van der Waals surface area contributed by atoms with Gasteiger partial charge in [-0.3, -0.25) is 4.79 Å². The summed E-state index contributed by atoms with van der Waals surface area (Å²) in [4.78, 5) is 11.8. The largest absolute Gasteiger partial charge is 0.506 e. The number of hydrogen-bond donors (Lipinski definition) is 2. The van der Waals surface area contributed by atoms with E-state index in [-0.39, 0.29) is 24.1 Å². The highest BCUT2D eigenvalue weighted by atomic mass is 16.5. The number of amides is 1. The fourth-order valence-electron chi connectivity index (χ4n) is 1.45. The Labute approximate surface area is 104 Å². The molecule has 0 atom stereocenters. The number of benzene rings is 1. The third-order valence-corrected chi connectivity index (χ3v) is 2.29. The number of phenols is 1. The number of anilines is 1. The number of carbonyl (C=O) groups excluding carboxylic acids is 1. The van der Waals surface area contributed by atoms with Gasteiger partial charge >= 0.3 is 0 Å². The van der Waals surface area contributed by atoms with E-state index in [1.54, 1.807) is 37.6 Å². The molecular formula is C12H13N3O3. The number of para-hydroxylation sites is 2. The molecule has 1 heterocycles. The Hall–Kier alpha value is -2.34. The molecule has 0 aliphatic rings. The molecule has 6 heteroatoms. The third-order valence-electron chi connectivity index (χ3n) is 2.29. The van der Waals surface area contributed by atoms with Gasteiger partial charge in [0.1, 0.15) is 12.5 Å². The van der Waals surface area contributed by atoms with E-state index in [0.717, 1.165) is 0 Å². The molecule has 18 heavy (non-hydrogen) atoms. The van der Waals surface area contributed by atoms with Gasteiger partial charge in [0, 0.05) is 13.3 Å². The molecule has 2 aromatic rings. The fourth-order valence-corrected chi connectivity index (χ4v) is 1.45. The Kier molecular flexibility index (Phi) is 3.59. The molecule has 1 aromatic carbocycles. The van der Waals surface area contributed by atoms with Crippen molar-refractivity contribution in [1.29, 1.82) is 0 Å². The van der Waals surface area contributed by atoms with Crippen LogP contribution in [0.5, 0.6) is 5.75 Å². The van der Waals surface area contributed by atoms with E-state index in [2.05, 4.69) is 10.4 Å². The van der Waals surface area contributed by atoms with Gasteiger partial charge in [-0.25, -0.2) is 4.68 Å². The number of aromatic nitrogens is 2. The van der Waals surface area contributed by atoms with Crippen LogP contribution in [0, 0.1) is 0 Å². The second-order valence-electron chi connectivity index (χ2n) is 3.63. The molecule has 0 aliphatic carbocycles. The van der Waals surface area contributed by atoms with E-state index in [1.165, 1.54) is 10.7 Å². The van der Waals surface area contributed by atoms with E-state index >= 15 is 0 Å². The molecule has 0 bridgehead atoms. The summed E-state index contributed by atoms with van der Waals surface area (Å²) in [5.41, 5.74) is 0.610. The molecule has 0 fully saturated rings. The average Bonchev–Trinajstić information content (AvgIpc) is 2.81. The van der Waals surface area contributed by atoms with Crippen molar-refractivity contribution in [2.24, 2.45) is 0 Å². The van der Waals surface area contributed by atoms with Crippen molar-refractivity contribution in [3.63, 3.8) is 0 Å². The molecule has 2 N–H and O–H groups in total. The molecule has 0 unspecified atom stereocenters. The van der Waals surface area contributed by atoms with Crippen molar-refractivity contribution in [3.8, 4) is 5.75 Å². The number of carbonyl (C=O) groups is 1. The lowest BCUT2D eigenvalue weighted by Crippen LogP contribution is -2.13. The number of phenolic OH excluding ortho intramolecular Hbond substituents is 1. The Balaban J connectivity index is 2.10. The second kappa shape index (κ2) is 5.33.